The van der Waals surface area contributed by atoms with Crippen molar-refractivity contribution in [3.8, 4) is 0 Å². The van der Waals surface area contributed by atoms with Crippen molar-refractivity contribution < 1.29 is 9.53 Å². The van der Waals surface area contributed by atoms with Crippen molar-refractivity contribution in [1.29, 1.82) is 0 Å². The Morgan fingerprint density at radius 2 is 1.71 bits per heavy atom. The van der Waals surface area contributed by atoms with Gasteiger partial charge in [-0.1, -0.05) is 0 Å². The van der Waals surface area contributed by atoms with E-state index in [9.17, 15) is 4.79 Å². The van der Waals surface area contributed by atoms with Crippen LogP contribution in [0.5, 0.6) is 0 Å². The van der Waals surface area contributed by atoms with E-state index >= 15 is 0 Å². The van der Waals surface area contributed by atoms with Gasteiger partial charge in [0.1, 0.15) is 5.78 Å². The molecule has 1 saturated heterocycles. The average molecular weight is 196 g/mol. The van der Waals surface area contributed by atoms with E-state index in [-0.39, 0.29) is 11.2 Å². The van der Waals surface area contributed by atoms with Crippen LogP contribution < -0.4 is 0 Å². The van der Waals surface area contributed by atoms with Gasteiger partial charge in [0.25, 0.3) is 0 Å². The van der Waals surface area contributed by atoms with E-state index in [0.29, 0.717) is 5.78 Å². The van der Waals surface area contributed by atoms with Crippen LogP contribution in [-0.2, 0) is 9.53 Å². The first-order valence-electron chi connectivity index (χ1n) is 5.73. The van der Waals surface area contributed by atoms with Crippen LogP contribution in [-0.4, -0.2) is 17.0 Å². The molecular weight excluding hydrogens is 176 g/mol. The van der Waals surface area contributed by atoms with Gasteiger partial charge < -0.3 is 4.74 Å². The second-order valence-electron chi connectivity index (χ2n) is 5.44. The molecule has 2 rings (SSSR count). The molecule has 2 fully saturated rings. The van der Waals surface area contributed by atoms with E-state index in [2.05, 4.69) is 13.8 Å². The zero-order chi connectivity index (χ0) is 10.2. The number of hydrogen-bond donors (Lipinski definition) is 0. The molecule has 0 bridgehead atoms. The van der Waals surface area contributed by atoms with Gasteiger partial charge in [-0.2, -0.15) is 0 Å². The van der Waals surface area contributed by atoms with Gasteiger partial charge in [0, 0.05) is 12.8 Å². The fourth-order valence-corrected chi connectivity index (χ4v) is 2.86. The van der Waals surface area contributed by atoms with Crippen molar-refractivity contribution in [3.05, 3.63) is 0 Å². The predicted octanol–water partition coefficient (Wildman–Crippen LogP) is 2.85. The van der Waals surface area contributed by atoms with E-state index in [1.165, 1.54) is 6.42 Å². The van der Waals surface area contributed by atoms with Crippen LogP contribution in [0, 0.1) is 0 Å². The Bertz CT molecular complexity index is 233. The molecule has 2 aliphatic rings. The monoisotopic (exact) mass is 196 g/mol. The first-order valence-corrected chi connectivity index (χ1v) is 5.73. The highest BCUT2D eigenvalue weighted by Gasteiger charge is 2.42. The van der Waals surface area contributed by atoms with E-state index in [0.717, 1.165) is 38.5 Å². The number of hydrogen-bond acceptors (Lipinski definition) is 2. The van der Waals surface area contributed by atoms with Gasteiger partial charge in [-0.05, 0) is 46.0 Å². The molecule has 14 heavy (non-hydrogen) atoms. The molecule has 0 aromatic carbocycles. The molecule has 0 amide bonds. The molecule has 0 atom stereocenters. The molecule has 80 valence electrons. The van der Waals surface area contributed by atoms with E-state index in [4.69, 9.17) is 4.74 Å². The molecule has 1 aliphatic heterocycles. The van der Waals surface area contributed by atoms with Gasteiger partial charge in [0.05, 0.1) is 11.2 Å². The van der Waals surface area contributed by atoms with Crippen LogP contribution in [0.3, 0.4) is 0 Å². The first-order chi connectivity index (χ1) is 6.52. The second-order valence-corrected chi connectivity index (χ2v) is 5.44. The molecule has 0 N–H and O–H groups in total. The SMILES string of the molecule is CC1(C)CCCC2(CCC(=O)CC2)O1. The molecule has 0 unspecified atom stereocenters. The van der Waals surface area contributed by atoms with Crippen molar-refractivity contribution >= 4 is 5.78 Å². The van der Waals surface area contributed by atoms with Gasteiger partial charge in [-0.25, -0.2) is 0 Å². The molecule has 2 nitrogen and oxygen atoms in total. The average Bonchev–Trinajstić information content (AvgIpc) is 2.09. The smallest absolute Gasteiger partial charge is 0.133 e. The van der Waals surface area contributed by atoms with Gasteiger partial charge in [-0.15, -0.1) is 0 Å². The van der Waals surface area contributed by atoms with Crippen molar-refractivity contribution in [2.24, 2.45) is 0 Å². The lowest BCUT2D eigenvalue weighted by atomic mass is 9.77. The lowest BCUT2D eigenvalue weighted by Gasteiger charge is -2.47. The maximum absolute atomic E-state index is 11.2. The lowest BCUT2D eigenvalue weighted by molar-refractivity contribution is -0.188. The van der Waals surface area contributed by atoms with Gasteiger partial charge in [0.2, 0.25) is 0 Å². The summed E-state index contributed by atoms with van der Waals surface area (Å²) >= 11 is 0. The summed E-state index contributed by atoms with van der Waals surface area (Å²) in [4.78, 5) is 11.2. The van der Waals surface area contributed by atoms with Gasteiger partial charge in [0.15, 0.2) is 0 Å². The first kappa shape index (κ1) is 10.2. The maximum Gasteiger partial charge on any atom is 0.133 e. The number of ketones is 1. The van der Waals surface area contributed by atoms with Crippen LogP contribution in [0.4, 0.5) is 0 Å². The maximum atomic E-state index is 11.2. The number of rotatable bonds is 0. The van der Waals surface area contributed by atoms with Crippen molar-refractivity contribution in [3.63, 3.8) is 0 Å². The summed E-state index contributed by atoms with van der Waals surface area (Å²) in [6.45, 7) is 4.34. The van der Waals surface area contributed by atoms with E-state index in [1.54, 1.807) is 0 Å². The largest absolute Gasteiger partial charge is 0.369 e. The normalized spacial score (nSPS) is 30.6. The number of carbonyl (C=O) groups excluding carboxylic acids is 1. The highest BCUT2D eigenvalue weighted by atomic mass is 16.5. The van der Waals surface area contributed by atoms with Crippen LogP contribution in [0.15, 0.2) is 0 Å². The summed E-state index contributed by atoms with van der Waals surface area (Å²) in [5.41, 5.74) is 0.0777. The molecule has 1 spiro atoms. The molecule has 2 heteroatoms. The third-order valence-electron chi connectivity index (χ3n) is 3.62. The Morgan fingerprint density at radius 3 is 2.29 bits per heavy atom. The van der Waals surface area contributed by atoms with Gasteiger partial charge in [-0.3, -0.25) is 4.79 Å². The Morgan fingerprint density at radius 1 is 1.07 bits per heavy atom. The molecular formula is C12H20O2. The Kier molecular flexibility index (Phi) is 2.42. The minimum Gasteiger partial charge on any atom is -0.369 e. The second kappa shape index (κ2) is 3.34. The third-order valence-corrected chi connectivity index (χ3v) is 3.62. The van der Waals surface area contributed by atoms with Crippen molar-refractivity contribution in [1.82, 2.24) is 0 Å². The van der Waals surface area contributed by atoms with E-state index < -0.39 is 0 Å². The quantitative estimate of drug-likeness (QED) is 0.595. The Labute approximate surface area is 86.0 Å². The Balaban J connectivity index is 2.05. The Hall–Kier alpha value is -0.370. The summed E-state index contributed by atoms with van der Waals surface area (Å²) in [6.07, 6.45) is 6.93. The summed E-state index contributed by atoms with van der Waals surface area (Å²) in [7, 11) is 0. The van der Waals surface area contributed by atoms with Crippen LogP contribution >= 0.6 is 0 Å². The predicted molar refractivity (Wildman–Crippen MR) is 55.2 cm³/mol. The highest BCUT2D eigenvalue weighted by Crippen LogP contribution is 2.43. The third kappa shape index (κ3) is 2.00. The molecule has 0 aromatic rings. The summed E-state index contributed by atoms with van der Waals surface area (Å²) in [6, 6.07) is 0. The standard InChI is InChI=1S/C12H20O2/c1-11(2)6-3-7-12(14-11)8-4-10(13)5-9-12/h3-9H2,1-2H3. The zero-order valence-electron chi connectivity index (χ0n) is 9.27. The molecule has 0 radical (unpaired) electrons. The van der Waals surface area contributed by atoms with Crippen molar-refractivity contribution in [2.45, 2.75) is 70.0 Å². The fraction of sp³-hybridized carbons (Fsp3) is 0.917. The van der Waals surface area contributed by atoms with Crippen LogP contribution in [0.1, 0.15) is 58.8 Å². The molecule has 1 aliphatic carbocycles. The summed E-state index contributed by atoms with van der Waals surface area (Å²) in [5, 5.41) is 0. The number of carbonyl (C=O) groups is 1. The fourth-order valence-electron chi connectivity index (χ4n) is 2.86. The highest BCUT2D eigenvalue weighted by molar-refractivity contribution is 5.79. The number of Topliss-reactive ketones (excluding diaryl/α,β-unsaturated/α-hetero) is 1. The summed E-state index contributed by atoms with van der Waals surface area (Å²) in [5.74, 6) is 0.419. The van der Waals surface area contributed by atoms with Crippen molar-refractivity contribution in [2.75, 3.05) is 0 Å². The topological polar surface area (TPSA) is 26.3 Å². The molecule has 1 saturated carbocycles. The lowest BCUT2D eigenvalue weighted by Crippen LogP contribution is -2.47. The zero-order valence-corrected chi connectivity index (χ0v) is 9.27. The minimum atomic E-state index is 0.0264. The van der Waals surface area contributed by atoms with Crippen LogP contribution in [0.25, 0.3) is 0 Å². The minimum absolute atomic E-state index is 0.0264. The molecule has 1 heterocycles. The molecule has 0 aromatic heterocycles. The van der Waals surface area contributed by atoms with E-state index in [1.807, 2.05) is 0 Å². The van der Waals surface area contributed by atoms with Crippen LogP contribution in [0.2, 0.25) is 0 Å². The summed E-state index contributed by atoms with van der Waals surface area (Å²) < 4.78 is 6.20. The van der Waals surface area contributed by atoms with Gasteiger partial charge >= 0.3 is 0 Å². The number of ether oxygens (including phenoxy) is 1.